The Hall–Kier alpha value is -2.66. The van der Waals surface area contributed by atoms with Gasteiger partial charge in [0.2, 0.25) is 0 Å². The lowest BCUT2D eigenvalue weighted by molar-refractivity contribution is -0.113. The number of thioether (sulfide) groups is 1. The summed E-state index contributed by atoms with van der Waals surface area (Å²) in [6.07, 6.45) is 4.80. The van der Waals surface area contributed by atoms with Gasteiger partial charge in [-0.05, 0) is 60.3 Å². The number of carbonyl (C=O) groups is 1. The van der Waals surface area contributed by atoms with Gasteiger partial charge in [0.05, 0.1) is 28.1 Å². The molecule has 2 aliphatic heterocycles. The lowest BCUT2D eigenvalue weighted by atomic mass is 10.1. The highest BCUT2D eigenvalue weighted by atomic mass is 35.5. The van der Waals surface area contributed by atoms with E-state index in [4.69, 9.17) is 11.6 Å². The maximum atomic E-state index is 12.5. The Morgan fingerprint density at radius 2 is 1.89 bits per heavy atom. The number of aliphatic imine (C=N–C) groups is 1. The number of sulfone groups is 1. The molecule has 2 aliphatic rings. The summed E-state index contributed by atoms with van der Waals surface area (Å²) in [6, 6.07) is 10.6. The van der Waals surface area contributed by atoms with E-state index in [0.717, 1.165) is 59.6 Å². The van der Waals surface area contributed by atoms with Gasteiger partial charge in [-0.1, -0.05) is 23.7 Å². The number of piperazine rings is 1. The van der Waals surface area contributed by atoms with Gasteiger partial charge in [0.15, 0.2) is 15.0 Å². The molecule has 0 aliphatic carbocycles. The van der Waals surface area contributed by atoms with Crippen LogP contribution in [0.5, 0.6) is 0 Å². The third-order valence-corrected chi connectivity index (χ3v) is 8.63. The second-order valence-electron chi connectivity index (χ2n) is 8.75. The Labute approximate surface area is 213 Å². The first kappa shape index (κ1) is 24.1. The van der Waals surface area contributed by atoms with Crippen LogP contribution in [-0.4, -0.2) is 78.6 Å². The van der Waals surface area contributed by atoms with Crippen molar-refractivity contribution in [2.45, 2.75) is 11.4 Å². The van der Waals surface area contributed by atoms with Crippen molar-refractivity contribution in [1.82, 2.24) is 19.6 Å². The van der Waals surface area contributed by atoms with Crippen molar-refractivity contribution in [3.05, 3.63) is 63.6 Å². The van der Waals surface area contributed by atoms with Crippen molar-refractivity contribution in [2.75, 3.05) is 39.5 Å². The second kappa shape index (κ2) is 9.42. The zero-order valence-electron chi connectivity index (χ0n) is 19.3. The topological polar surface area (TPSA) is 87.9 Å². The lowest BCUT2D eigenvalue weighted by Gasteiger charge is -2.32. The van der Waals surface area contributed by atoms with Crippen molar-refractivity contribution < 1.29 is 13.2 Å². The van der Waals surface area contributed by atoms with Crippen LogP contribution in [0.1, 0.15) is 11.1 Å². The van der Waals surface area contributed by atoms with E-state index in [1.807, 2.05) is 29.0 Å². The summed E-state index contributed by atoms with van der Waals surface area (Å²) >= 11 is 7.78. The fraction of sp³-hybridized carbons (Fsp3) is 0.292. The van der Waals surface area contributed by atoms with Crippen molar-refractivity contribution in [1.29, 1.82) is 0 Å². The van der Waals surface area contributed by atoms with Gasteiger partial charge < -0.3 is 9.80 Å². The predicted molar refractivity (Wildman–Crippen MR) is 140 cm³/mol. The molecule has 1 aromatic heterocycles. The van der Waals surface area contributed by atoms with E-state index in [0.29, 0.717) is 16.5 Å². The highest BCUT2D eigenvalue weighted by Gasteiger charge is 2.27. The Bertz CT molecular complexity index is 1490. The highest BCUT2D eigenvalue weighted by Crippen LogP contribution is 2.31. The Morgan fingerprint density at radius 1 is 1.11 bits per heavy atom. The molecule has 3 heterocycles. The quantitative estimate of drug-likeness (QED) is 0.479. The van der Waals surface area contributed by atoms with Crippen molar-refractivity contribution in [3.63, 3.8) is 0 Å². The summed E-state index contributed by atoms with van der Waals surface area (Å²) in [5, 5.41) is 6.57. The number of hydrogen-bond acceptors (Lipinski definition) is 7. The first-order chi connectivity index (χ1) is 16.7. The van der Waals surface area contributed by atoms with E-state index < -0.39 is 9.84 Å². The van der Waals surface area contributed by atoms with Crippen molar-refractivity contribution >= 4 is 61.3 Å². The molecule has 0 atom stereocenters. The number of nitrogens with zero attached hydrogens (tertiary/aromatic N) is 5. The number of carbonyl (C=O) groups excluding carboxylic acids is 1. The van der Waals surface area contributed by atoms with Gasteiger partial charge in [-0.2, -0.15) is 10.1 Å². The van der Waals surface area contributed by atoms with E-state index in [2.05, 4.69) is 26.9 Å². The number of likely N-dealkylation sites (N-methyl/N-ethyl adjacent to an activating group) is 1. The zero-order chi connectivity index (χ0) is 24.7. The van der Waals surface area contributed by atoms with E-state index in [1.165, 1.54) is 17.8 Å². The monoisotopic (exact) mass is 529 g/mol. The molecule has 2 aromatic carbocycles. The molecule has 182 valence electrons. The maximum absolute atomic E-state index is 12.5. The molecule has 0 saturated carbocycles. The average Bonchev–Trinajstić information content (AvgIpc) is 3.38. The third kappa shape index (κ3) is 5.16. The molecule has 5 rings (SSSR count). The normalized spacial score (nSPS) is 18.6. The first-order valence-electron chi connectivity index (χ1n) is 11.1. The molecule has 0 N–H and O–H groups in total. The molecule has 0 radical (unpaired) electrons. The van der Waals surface area contributed by atoms with Gasteiger partial charge in [-0.25, -0.2) is 8.42 Å². The zero-order valence-corrected chi connectivity index (χ0v) is 21.7. The van der Waals surface area contributed by atoms with Crippen LogP contribution < -0.4 is 0 Å². The van der Waals surface area contributed by atoms with E-state index in [-0.39, 0.29) is 10.8 Å². The van der Waals surface area contributed by atoms with Crippen LogP contribution in [0.3, 0.4) is 0 Å². The van der Waals surface area contributed by atoms with E-state index >= 15 is 0 Å². The van der Waals surface area contributed by atoms with Crippen LogP contribution >= 0.6 is 23.4 Å². The molecule has 35 heavy (non-hydrogen) atoms. The molecule has 8 nitrogen and oxygen atoms in total. The minimum absolute atomic E-state index is 0.188. The lowest BCUT2D eigenvalue weighted by Crippen LogP contribution is -2.46. The summed E-state index contributed by atoms with van der Waals surface area (Å²) in [4.78, 5) is 22.0. The molecular formula is C24H24ClN5O3S2. The van der Waals surface area contributed by atoms with Gasteiger partial charge in [-0.3, -0.25) is 9.48 Å². The number of amides is 1. The first-order valence-corrected chi connectivity index (χ1v) is 14.2. The standard InChI is InChI=1S/C24H24ClN5O3S2/c1-28-7-9-29(10-8-28)24-27-23(31)22(34-24)12-16-3-6-21-18(11-16)14-26-30(21)15-17-4-5-19(13-20(17)25)35(2,32)33/h3-6,11-14H,7-10,15H2,1-2H3. The van der Waals surface area contributed by atoms with Crippen LogP contribution in [0, 0.1) is 0 Å². The highest BCUT2D eigenvalue weighted by molar-refractivity contribution is 8.18. The summed E-state index contributed by atoms with van der Waals surface area (Å²) < 4.78 is 25.3. The molecule has 1 fully saturated rings. The SMILES string of the molecule is CN1CCN(C2=NC(=O)C(=Cc3ccc4c(cnn4Cc4ccc(S(C)(=O)=O)cc4Cl)c3)S2)CC1. The van der Waals surface area contributed by atoms with Gasteiger partial charge in [0, 0.05) is 42.8 Å². The van der Waals surface area contributed by atoms with E-state index in [1.54, 1.807) is 18.3 Å². The smallest absolute Gasteiger partial charge is 0.286 e. The molecule has 0 spiro atoms. The van der Waals surface area contributed by atoms with Crippen LogP contribution in [0.4, 0.5) is 0 Å². The maximum Gasteiger partial charge on any atom is 0.286 e. The molecule has 0 unspecified atom stereocenters. The summed E-state index contributed by atoms with van der Waals surface area (Å²) in [5.41, 5.74) is 2.59. The Balaban J connectivity index is 1.33. The van der Waals surface area contributed by atoms with Crippen LogP contribution in [-0.2, 0) is 21.2 Å². The summed E-state index contributed by atoms with van der Waals surface area (Å²) in [6.45, 7) is 4.06. The predicted octanol–water partition coefficient (Wildman–Crippen LogP) is 3.36. The van der Waals surface area contributed by atoms with Gasteiger partial charge in [-0.15, -0.1) is 0 Å². The van der Waals surface area contributed by atoms with E-state index in [9.17, 15) is 13.2 Å². The number of aromatic nitrogens is 2. The Kier molecular flexibility index (Phi) is 6.47. The van der Waals surface area contributed by atoms with Gasteiger partial charge in [0.25, 0.3) is 5.91 Å². The number of fused-ring (bicyclic) bond motifs is 1. The summed E-state index contributed by atoms with van der Waals surface area (Å²) in [7, 11) is -1.22. The molecule has 0 bridgehead atoms. The average molecular weight is 530 g/mol. The number of halogens is 1. The Morgan fingerprint density at radius 3 is 2.60 bits per heavy atom. The molecule has 1 amide bonds. The molecular weight excluding hydrogens is 506 g/mol. The van der Waals surface area contributed by atoms with Crippen molar-refractivity contribution in [2.24, 2.45) is 4.99 Å². The van der Waals surface area contributed by atoms with Gasteiger partial charge >= 0.3 is 0 Å². The van der Waals surface area contributed by atoms with Crippen LogP contribution in [0.25, 0.3) is 17.0 Å². The minimum Gasteiger partial charge on any atom is -0.348 e. The fourth-order valence-corrected chi connectivity index (χ4v) is 5.97. The fourth-order valence-electron chi connectivity index (χ4n) is 4.05. The number of amidine groups is 1. The number of rotatable bonds is 4. The largest absolute Gasteiger partial charge is 0.348 e. The second-order valence-corrected chi connectivity index (χ2v) is 12.2. The van der Waals surface area contributed by atoms with Crippen LogP contribution in [0.2, 0.25) is 5.02 Å². The van der Waals surface area contributed by atoms with Crippen LogP contribution in [0.15, 0.2) is 57.4 Å². The minimum atomic E-state index is -3.32. The third-order valence-electron chi connectivity index (χ3n) is 6.12. The molecule has 3 aromatic rings. The number of benzene rings is 2. The van der Waals surface area contributed by atoms with Gasteiger partial charge in [0.1, 0.15) is 0 Å². The van der Waals surface area contributed by atoms with Crippen molar-refractivity contribution in [3.8, 4) is 0 Å². The number of hydrogen-bond donors (Lipinski definition) is 0. The molecule has 11 heteroatoms. The summed E-state index contributed by atoms with van der Waals surface area (Å²) in [5.74, 6) is -0.202. The molecule has 1 saturated heterocycles.